The molecule has 0 radical (unpaired) electrons. The van der Waals surface area contributed by atoms with E-state index in [4.69, 9.17) is 15.2 Å². The zero-order valence-corrected chi connectivity index (χ0v) is 14.5. The average molecular weight is 347 g/mol. The molecule has 0 bridgehead atoms. The predicted octanol–water partition coefficient (Wildman–Crippen LogP) is 0.916. The summed E-state index contributed by atoms with van der Waals surface area (Å²) < 4.78 is 10.5. The molecule has 7 heteroatoms. The van der Waals surface area contributed by atoms with Gasteiger partial charge in [-0.05, 0) is 44.0 Å². The number of nitrogens with one attached hydrogen (secondary N) is 1. The molecule has 25 heavy (non-hydrogen) atoms. The molecule has 2 aliphatic rings. The highest BCUT2D eigenvalue weighted by molar-refractivity contribution is 5.95. The Hall–Kier alpha value is -2.28. The van der Waals surface area contributed by atoms with Crippen molar-refractivity contribution >= 4 is 11.8 Å². The number of nitrogens with two attached hydrogens (primary N) is 1. The Morgan fingerprint density at radius 3 is 2.84 bits per heavy atom. The number of primary amides is 1. The molecule has 2 atom stereocenters. The fourth-order valence-electron chi connectivity index (χ4n) is 3.74. The van der Waals surface area contributed by atoms with Crippen LogP contribution >= 0.6 is 0 Å². The number of fused-ring (bicyclic) bond motifs is 1. The van der Waals surface area contributed by atoms with Gasteiger partial charge in [0, 0.05) is 24.2 Å². The van der Waals surface area contributed by atoms with E-state index in [1.165, 1.54) is 20.0 Å². The molecule has 0 saturated carbocycles. The third-order valence-electron chi connectivity index (χ3n) is 4.97. The van der Waals surface area contributed by atoms with Crippen LogP contribution < -0.4 is 20.5 Å². The molecule has 2 fully saturated rings. The number of piperidine rings is 1. The minimum atomic E-state index is -0.567. The Morgan fingerprint density at radius 2 is 2.08 bits per heavy atom. The average Bonchev–Trinajstić information content (AvgIpc) is 3.02. The number of methoxy groups -OCH3 is 1. The molecule has 2 unspecified atom stereocenters. The molecule has 3 N–H and O–H groups in total. The summed E-state index contributed by atoms with van der Waals surface area (Å²) in [6, 6.07) is 5.57. The van der Waals surface area contributed by atoms with E-state index < -0.39 is 5.91 Å². The summed E-state index contributed by atoms with van der Waals surface area (Å²) in [7, 11) is 1.49. The summed E-state index contributed by atoms with van der Waals surface area (Å²) in [5, 5.41) is 3.16. The van der Waals surface area contributed by atoms with E-state index in [-0.39, 0.29) is 18.6 Å². The fraction of sp³-hybridized carbons (Fsp3) is 0.556. The molecule has 3 rings (SSSR count). The van der Waals surface area contributed by atoms with E-state index in [1.54, 1.807) is 18.2 Å². The quantitative estimate of drug-likeness (QED) is 0.798. The maximum atomic E-state index is 12.6. The Labute approximate surface area is 147 Å². The molecule has 2 amide bonds. The van der Waals surface area contributed by atoms with Gasteiger partial charge < -0.3 is 20.5 Å². The monoisotopic (exact) mass is 347 g/mol. The van der Waals surface area contributed by atoms with E-state index in [0.717, 1.165) is 25.9 Å². The lowest BCUT2D eigenvalue weighted by atomic mass is 9.99. The van der Waals surface area contributed by atoms with Crippen molar-refractivity contribution in [1.82, 2.24) is 10.2 Å². The molecule has 0 spiro atoms. The molecule has 1 aromatic carbocycles. The summed E-state index contributed by atoms with van der Waals surface area (Å²) in [5.41, 5.74) is 5.59. The summed E-state index contributed by atoms with van der Waals surface area (Å²) in [4.78, 5) is 25.9. The minimum absolute atomic E-state index is 0.114. The zero-order chi connectivity index (χ0) is 17.8. The largest absolute Gasteiger partial charge is 0.493 e. The van der Waals surface area contributed by atoms with Crippen molar-refractivity contribution in [2.24, 2.45) is 5.73 Å². The number of hydrogen-bond donors (Lipinski definition) is 2. The van der Waals surface area contributed by atoms with Crippen molar-refractivity contribution < 1.29 is 19.1 Å². The van der Waals surface area contributed by atoms with Crippen molar-refractivity contribution in [2.75, 3.05) is 26.8 Å². The second-order valence-electron chi connectivity index (χ2n) is 6.59. The third-order valence-corrected chi connectivity index (χ3v) is 4.97. The summed E-state index contributed by atoms with van der Waals surface area (Å²) >= 11 is 0. The first-order chi connectivity index (χ1) is 12.1. The van der Waals surface area contributed by atoms with Crippen LogP contribution in [-0.2, 0) is 4.79 Å². The molecule has 0 aromatic heterocycles. The molecule has 1 aromatic rings. The third kappa shape index (κ3) is 4.04. The number of benzene rings is 1. The van der Waals surface area contributed by atoms with Gasteiger partial charge in [0.15, 0.2) is 18.1 Å². The first-order valence-electron chi connectivity index (χ1n) is 8.72. The number of rotatable bonds is 6. The van der Waals surface area contributed by atoms with Gasteiger partial charge in [-0.1, -0.05) is 6.42 Å². The van der Waals surface area contributed by atoms with Gasteiger partial charge >= 0.3 is 0 Å². The van der Waals surface area contributed by atoms with Crippen molar-refractivity contribution in [2.45, 2.75) is 37.8 Å². The molecule has 2 saturated heterocycles. The van der Waals surface area contributed by atoms with Crippen LogP contribution in [0.3, 0.4) is 0 Å². The standard InChI is InChI=1S/C18H25N3O4/c1-24-16-10-12(5-6-15(16)25-11-17(19)22)18(23)20-13-7-9-21-8-3-2-4-14(13)21/h5-6,10,13-14H,2-4,7-9,11H2,1H3,(H2,19,22)(H,20,23). The Balaban J connectivity index is 1.66. The van der Waals surface area contributed by atoms with E-state index in [0.29, 0.717) is 23.1 Å². The minimum Gasteiger partial charge on any atom is -0.493 e. The molecule has 2 heterocycles. The van der Waals surface area contributed by atoms with Crippen LogP contribution in [-0.4, -0.2) is 55.6 Å². The molecular weight excluding hydrogens is 322 g/mol. The smallest absolute Gasteiger partial charge is 0.255 e. The number of carbonyl (C=O) groups excluding carboxylic acids is 2. The van der Waals surface area contributed by atoms with Crippen molar-refractivity contribution in [3.63, 3.8) is 0 Å². The van der Waals surface area contributed by atoms with Gasteiger partial charge in [0.05, 0.1) is 7.11 Å². The lowest BCUT2D eigenvalue weighted by molar-refractivity contribution is -0.119. The Bertz CT molecular complexity index is 649. The van der Waals surface area contributed by atoms with Gasteiger partial charge in [-0.2, -0.15) is 0 Å². The van der Waals surface area contributed by atoms with Crippen molar-refractivity contribution in [3.8, 4) is 11.5 Å². The fourth-order valence-corrected chi connectivity index (χ4v) is 3.74. The number of ether oxygens (including phenoxy) is 2. The highest BCUT2D eigenvalue weighted by Gasteiger charge is 2.36. The zero-order valence-electron chi connectivity index (χ0n) is 14.5. The van der Waals surface area contributed by atoms with Gasteiger partial charge in [0.1, 0.15) is 0 Å². The summed E-state index contributed by atoms with van der Waals surface area (Å²) in [6.45, 7) is 1.96. The van der Waals surface area contributed by atoms with Crippen LogP contribution in [0.2, 0.25) is 0 Å². The number of amides is 2. The predicted molar refractivity (Wildman–Crippen MR) is 92.8 cm³/mol. The SMILES string of the molecule is COc1cc(C(=O)NC2CCN3CCCCC23)ccc1OCC(N)=O. The lowest BCUT2D eigenvalue weighted by Crippen LogP contribution is -2.46. The van der Waals surface area contributed by atoms with Crippen LogP contribution in [0.4, 0.5) is 0 Å². The van der Waals surface area contributed by atoms with Crippen LogP contribution in [0.25, 0.3) is 0 Å². The topological polar surface area (TPSA) is 93.9 Å². The lowest BCUT2D eigenvalue weighted by Gasteiger charge is -2.32. The normalized spacial score (nSPS) is 22.9. The summed E-state index contributed by atoms with van der Waals surface area (Å²) in [5.74, 6) is 0.108. The number of carbonyl (C=O) groups is 2. The second-order valence-corrected chi connectivity index (χ2v) is 6.59. The second kappa shape index (κ2) is 7.74. The molecule has 0 aliphatic carbocycles. The number of nitrogens with zero attached hydrogens (tertiary/aromatic N) is 1. The highest BCUT2D eigenvalue weighted by Crippen LogP contribution is 2.29. The van der Waals surface area contributed by atoms with Crippen LogP contribution in [0.1, 0.15) is 36.0 Å². The van der Waals surface area contributed by atoms with Gasteiger partial charge in [-0.25, -0.2) is 0 Å². The first-order valence-corrected chi connectivity index (χ1v) is 8.72. The molecule has 7 nitrogen and oxygen atoms in total. The Morgan fingerprint density at radius 1 is 1.24 bits per heavy atom. The number of hydrogen-bond acceptors (Lipinski definition) is 5. The van der Waals surface area contributed by atoms with Crippen LogP contribution in [0.15, 0.2) is 18.2 Å². The summed E-state index contributed by atoms with van der Waals surface area (Å²) in [6.07, 6.45) is 4.62. The molecule has 2 aliphatic heterocycles. The first kappa shape index (κ1) is 17.5. The van der Waals surface area contributed by atoms with E-state index in [1.807, 2.05) is 0 Å². The van der Waals surface area contributed by atoms with E-state index >= 15 is 0 Å². The molecular formula is C18H25N3O4. The van der Waals surface area contributed by atoms with Gasteiger partial charge in [0.2, 0.25) is 0 Å². The Kier molecular flexibility index (Phi) is 5.43. The van der Waals surface area contributed by atoms with E-state index in [2.05, 4.69) is 10.2 Å². The van der Waals surface area contributed by atoms with Crippen LogP contribution in [0, 0.1) is 0 Å². The van der Waals surface area contributed by atoms with Gasteiger partial charge in [-0.3, -0.25) is 14.5 Å². The maximum absolute atomic E-state index is 12.6. The van der Waals surface area contributed by atoms with Crippen molar-refractivity contribution in [1.29, 1.82) is 0 Å². The van der Waals surface area contributed by atoms with E-state index in [9.17, 15) is 9.59 Å². The highest BCUT2D eigenvalue weighted by atomic mass is 16.5. The molecule has 136 valence electrons. The maximum Gasteiger partial charge on any atom is 0.255 e. The van der Waals surface area contributed by atoms with Crippen LogP contribution in [0.5, 0.6) is 11.5 Å². The van der Waals surface area contributed by atoms with Gasteiger partial charge in [0.25, 0.3) is 11.8 Å². The van der Waals surface area contributed by atoms with Gasteiger partial charge in [-0.15, -0.1) is 0 Å². The van der Waals surface area contributed by atoms with Crippen molar-refractivity contribution in [3.05, 3.63) is 23.8 Å².